The van der Waals surface area contributed by atoms with Crippen molar-refractivity contribution < 1.29 is 0 Å². The van der Waals surface area contributed by atoms with E-state index < -0.39 is 0 Å². The molecule has 1 aliphatic heterocycles. The summed E-state index contributed by atoms with van der Waals surface area (Å²) >= 11 is 0. The van der Waals surface area contributed by atoms with Crippen LogP contribution in [0.1, 0.15) is 39.0 Å². The predicted octanol–water partition coefficient (Wildman–Crippen LogP) is 2.76. The number of hydrogen-bond donors (Lipinski definition) is 1. The molecule has 0 unspecified atom stereocenters. The number of pyridine rings is 1. The summed E-state index contributed by atoms with van der Waals surface area (Å²) in [4.78, 5) is 9.34. The van der Waals surface area contributed by atoms with Crippen molar-refractivity contribution in [2.24, 2.45) is 0 Å². The second-order valence-electron chi connectivity index (χ2n) is 5.69. The summed E-state index contributed by atoms with van der Waals surface area (Å²) in [6.07, 6.45) is 8.58. The van der Waals surface area contributed by atoms with Gasteiger partial charge in [-0.05, 0) is 25.1 Å². The van der Waals surface area contributed by atoms with Crippen molar-refractivity contribution in [2.75, 3.05) is 43.4 Å². The van der Waals surface area contributed by atoms with E-state index in [0.29, 0.717) is 0 Å². The number of nitrogen functional groups attached to an aromatic ring is 1. The highest BCUT2D eigenvalue weighted by Crippen LogP contribution is 2.15. The minimum Gasteiger partial charge on any atom is -0.397 e. The third-order valence-electron chi connectivity index (χ3n) is 4.04. The number of unbranched alkanes of at least 4 members (excludes halogenated alkanes) is 4. The van der Waals surface area contributed by atoms with Gasteiger partial charge in [0.2, 0.25) is 0 Å². The van der Waals surface area contributed by atoms with Crippen molar-refractivity contribution in [1.82, 2.24) is 9.88 Å². The Kier molecular flexibility index (Phi) is 6.12. The molecule has 1 aromatic heterocycles. The van der Waals surface area contributed by atoms with Crippen molar-refractivity contribution in [3.05, 3.63) is 18.3 Å². The fraction of sp³-hybridized carbons (Fsp3) is 0.688. The molecule has 0 aromatic carbocycles. The van der Waals surface area contributed by atoms with E-state index in [-0.39, 0.29) is 0 Å². The number of nitrogens with two attached hydrogens (primary N) is 1. The van der Waals surface area contributed by atoms with Gasteiger partial charge in [0.25, 0.3) is 0 Å². The van der Waals surface area contributed by atoms with Crippen LogP contribution >= 0.6 is 0 Å². The van der Waals surface area contributed by atoms with E-state index in [1.807, 2.05) is 12.1 Å². The molecule has 0 amide bonds. The molecule has 1 saturated heterocycles. The molecule has 0 saturated carbocycles. The monoisotopic (exact) mass is 276 g/mol. The Morgan fingerprint density at radius 3 is 2.45 bits per heavy atom. The largest absolute Gasteiger partial charge is 0.397 e. The summed E-state index contributed by atoms with van der Waals surface area (Å²) in [5.74, 6) is 1.06. The van der Waals surface area contributed by atoms with Crippen LogP contribution in [0.5, 0.6) is 0 Å². The number of anilines is 2. The fourth-order valence-electron chi connectivity index (χ4n) is 2.72. The third-order valence-corrected chi connectivity index (χ3v) is 4.04. The van der Waals surface area contributed by atoms with Crippen LogP contribution < -0.4 is 10.6 Å². The van der Waals surface area contributed by atoms with Gasteiger partial charge in [0.15, 0.2) is 0 Å². The molecule has 1 aliphatic rings. The second kappa shape index (κ2) is 8.10. The first kappa shape index (κ1) is 15.1. The second-order valence-corrected chi connectivity index (χ2v) is 5.69. The van der Waals surface area contributed by atoms with E-state index in [0.717, 1.165) is 37.7 Å². The number of hydrogen-bond acceptors (Lipinski definition) is 4. The maximum Gasteiger partial charge on any atom is 0.128 e. The molecule has 0 atom stereocenters. The van der Waals surface area contributed by atoms with Gasteiger partial charge in [0, 0.05) is 26.2 Å². The molecule has 0 spiro atoms. The van der Waals surface area contributed by atoms with Crippen LogP contribution in [0, 0.1) is 0 Å². The molecular weight excluding hydrogens is 248 g/mol. The summed E-state index contributed by atoms with van der Waals surface area (Å²) in [7, 11) is 0. The number of nitrogens with zero attached hydrogens (tertiary/aromatic N) is 3. The van der Waals surface area contributed by atoms with Crippen molar-refractivity contribution in [2.45, 2.75) is 39.0 Å². The average Bonchev–Trinajstić information content (AvgIpc) is 2.49. The summed E-state index contributed by atoms with van der Waals surface area (Å²) in [6, 6.07) is 3.96. The van der Waals surface area contributed by atoms with Gasteiger partial charge in [-0.25, -0.2) is 4.98 Å². The molecule has 1 aromatic rings. The van der Waals surface area contributed by atoms with E-state index in [2.05, 4.69) is 21.7 Å². The summed E-state index contributed by atoms with van der Waals surface area (Å²) < 4.78 is 0. The van der Waals surface area contributed by atoms with Crippen LogP contribution in [0.25, 0.3) is 0 Å². The molecule has 112 valence electrons. The Bertz CT molecular complexity index is 369. The van der Waals surface area contributed by atoms with Crippen LogP contribution in [-0.2, 0) is 0 Å². The Morgan fingerprint density at radius 2 is 1.80 bits per heavy atom. The normalized spacial score (nSPS) is 16.6. The lowest BCUT2D eigenvalue weighted by Gasteiger charge is -2.35. The summed E-state index contributed by atoms with van der Waals surface area (Å²) in [5, 5.41) is 0. The highest BCUT2D eigenvalue weighted by Gasteiger charge is 2.17. The molecule has 2 N–H and O–H groups in total. The zero-order chi connectivity index (χ0) is 14.2. The average molecular weight is 276 g/mol. The molecule has 4 nitrogen and oxygen atoms in total. The molecular formula is C16H28N4. The fourth-order valence-corrected chi connectivity index (χ4v) is 2.72. The van der Waals surface area contributed by atoms with Gasteiger partial charge in [-0.3, -0.25) is 4.90 Å². The van der Waals surface area contributed by atoms with Crippen molar-refractivity contribution in [3.8, 4) is 0 Å². The minimum atomic E-state index is 0.736. The van der Waals surface area contributed by atoms with Crippen molar-refractivity contribution >= 4 is 11.5 Å². The Hall–Kier alpha value is -1.29. The number of aromatic nitrogens is 1. The lowest BCUT2D eigenvalue weighted by Crippen LogP contribution is -2.46. The predicted molar refractivity (Wildman–Crippen MR) is 86.1 cm³/mol. The Labute approximate surface area is 123 Å². The molecule has 0 aliphatic carbocycles. The summed E-state index contributed by atoms with van der Waals surface area (Å²) in [5.41, 5.74) is 6.41. The topological polar surface area (TPSA) is 45.4 Å². The van der Waals surface area contributed by atoms with Gasteiger partial charge >= 0.3 is 0 Å². The van der Waals surface area contributed by atoms with E-state index in [9.17, 15) is 0 Å². The maximum atomic E-state index is 5.68. The lowest BCUT2D eigenvalue weighted by molar-refractivity contribution is 0.251. The third kappa shape index (κ3) is 4.67. The standard InChI is InChI=1S/C16H28N4/c1-2-3-4-5-6-9-19-10-12-20(13-11-19)16-8-7-15(17)14-18-16/h7-8,14H,2-6,9-13,17H2,1H3. The lowest BCUT2D eigenvalue weighted by atomic mass is 10.1. The smallest absolute Gasteiger partial charge is 0.128 e. The van der Waals surface area contributed by atoms with Crippen LogP contribution in [0.3, 0.4) is 0 Å². The minimum absolute atomic E-state index is 0.736. The zero-order valence-corrected chi connectivity index (χ0v) is 12.7. The maximum absolute atomic E-state index is 5.68. The van der Waals surface area contributed by atoms with Crippen LogP contribution in [0.2, 0.25) is 0 Å². The van der Waals surface area contributed by atoms with Gasteiger partial charge in [-0.2, -0.15) is 0 Å². The number of rotatable bonds is 7. The van der Waals surface area contributed by atoms with Crippen molar-refractivity contribution in [1.29, 1.82) is 0 Å². The zero-order valence-electron chi connectivity index (χ0n) is 12.7. The van der Waals surface area contributed by atoms with E-state index in [1.165, 1.54) is 38.6 Å². The van der Waals surface area contributed by atoms with Crippen LogP contribution in [0.4, 0.5) is 11.5 Å². The van der Waals surface area contributed by atoms with Gasteiger partial charge in [-0.1, -0.05) is 32.6 Å². The SMILES string of the molecule is CCCCCCCN1CCN(c2ccc(N)cn2)CC1. The first-order valence-electron chi connectivity index (χ1n) is 7.98. The van der Waals surface area contributed by atoms with Gasteiger partial charge in [-0.15, -0.1) is 0 Å². The molecule has 20 heavy (non-hydrogen) atoms. The molecule has 0 radical (unpaired) electrons. The molecule has 1 fully saturated rings. The molecule has 4 heteroatoms. The number of piperazine rings is 1. The highest BCUT2D eigenvalue weighted by atomic mass is 15.3. The highest BCUT2D eigenvalue weighted by molar-refractivity contribution is 5.46. The van der Waals surface area contributed by atoms with Crippen molar-refractivity contribution in [3.63, 3.8) is 0 Å². The van der Waals surface area contributed by atoms with Crippen LogP contribution in [0.15, 0.2) is 18.3 Å². The van der Waals surface area contributed by atoms with Gasteiger partial charge in [0.1, 0.15) is 5.82 Å². The molecule has 0 bridgehead atoms. The Morgan fingerprint density at radius 1 is 1.05 bits per heavy atom. The van der Waals surface area contributed by atoms with E-state index in [1.54, 1.807) is 6.20 Å². The van der Waals surface area contributed by atoms with Crippen LogP contribution in [-0.4, -0.2) is 42.6 Å². The Balaban J connectivity index is 1.66. The quantitative estimate of drug-likeness (QED) is 0.778. The first-order valence-corrected chi connectivity index (χ1v) is 7.98. The van der Waals surface area contributed by atoms with E-state index in [4.69, 9.17) is 5.73 Å². The molecule has 2 heterocycles. The molecule has 2 rings (SSSR count). The summed E-state index contributed by atoms with van der Waals surface area (Å²) in [6.45, 7) is 7.98. The van der Waals surface area contributed by atoms with Gasteiger partial charge < -0.3 is 10.6 Å². The first-order chi connectivity index (χ1) is 9.79. The van der Waals surface area contributed by atoms with E-state index >= 15 is 0 Å². The van der Waals surface area contributed by atoms with Gasteiger partial charge in [0.05, 0.1) is 11.9 Å².